The van der Waals surface area contributed by atoms with Crippen LogP contribution < -0.4 is 5.32 Å². The van der Waals surface area contributed by atoms with Crippen LogP contribution in [-0.4, -0.2) is 34.1 Å². The second-order valence-corrected chi connectivity index (χ2v) is 6.98. The van der Waals surface area contributed by atoms with Crippen molar-refractivity contribution in [2.24, 2.45) is 0 Å². The highest BCUT2D eigenvalue weighted by Gasteiger charge is 2.19. The Labute approximate surface area is 153 Å². The normalized spacial score (nSPS) is 15.5. The summed E-state index contributed by atoms with van der Waals surface area (Å²) in [6, 6.07) is 14.4. The van der Waals surface area contributed by atoms with Gasteiger partial charge in [-0.25, -0.2) is 0 Å². The van der Waals surface area contributed by atoms with Crippen molar-refractivity contribution in [2.45, 2.75) is 32.4 Å². The lowest BCUT2D eigenvalue weighted by molar-refractivity contribution is 0.0792. The van der Waals surface area contributed by atoms with Crippen molar-refractivity contribution in [2.75, 3.05) is 13.1 Å². The van der Waals surface area contributed by atoms with Crippen LogP contribution in [0, 0.1) is 0 Å². The van der Waals surface area contributed by atoms with E-state index in [-0.39, 0.29) is 11.9 Å². The largest absolute Gasteiger partial charge is 0.339 e. The van der Waals surface area contributed by atoms with E-state index in [1.54, 1.807) is 0 Å². The molecule has 1 atom stereocenters. The molecular formula is C21H24N4O. The average Bonchev–Trinajstić information content (AvgIpc) is 3.37. The van der Waals surface area contributed by atoms with E-state index in [0.717, 1.165) is 54.5 Å². The molecule has 1 amide bonds. The zero-order chi connectivity index (χ0) is 17.9. The molecule has 134 valence electrons. The summed E-state index contributed by atoms with van der Waals surface area (Å²) >= 11 is 0. The summed E-state index contributed by atoms with van der Waals surface area (Å²) in [5.74, 6) is 0.153. The predicted octanol–water partition coefficient (Wildman–Crippen LogP) is 3.65. The second kappa shape index (κ2) is 7.30. The van der Waals surface area contributed by atoms with Crippen LogP contribution >= 0.6 is 0 Å². The van der Waals surface area contributed by atoms with Gasteiger partial charge < -0.3 is 10.2 Å². The Morgan fingerprint density at radius 3 is 2.88 bits per heavy atom. The molecule has 0 bridgehead atoms. The zero-order valence-corrected chi connectivity index (χ0v) is 15.0. The van der Waals surface area contributed by atoms with Gasteiger partial charge in [0.25, 0.3) is 5.91 Å². The highest BCUT2D eigenvalue weighted by atomic mass is 16.2. The third-order valence-corrected chi connectivity index (χ3v) is 5.16. The Morgan fingerprint density at radius 2 is 2.04 bits per heavy atom. The summed E-state index contributed by atoms with van der Waals surface area (Å²) in [5.41, 5.74) is 4.19. The maximum absolute atomic E-state index is 12.6. The van der Waals surface area contributed by atoms with Crippen molar-refractivity contribution >= 4 is 16.8 Å². The van der Waals surface area contributed by atoms with Crippen LogP contribution in [0.5, 0.6) is 0 Å². The Hall–Kier alpha value is -2.66. The number of carbonyl (C=O) groups excluding carboxylic acids is 1. The molecule has 1 aliphatic heterocycles. The van der Waals surface area contributed by atoms with Crippen molar-refractivity contribution < 1.29 is 4.79 Å². The Morgan fingerprint density at radius 1 is 1.23 bits per heavy atom. The van der Waals surface area contributed by atoms with Crippen LogP contribution in [0.3, 0.4) is 0 Å². The maximum Gasteiger partial charge on any atom is 0.253 e. The second-order valence-electron chi connectivity index (χ2n) is 6.98. The maximum atomic E-state index is 12.6. The van der Waals surface area contributed by atoms with Gasteiger partial charge in [0.1, 0.15) is 0 Å². The smallest absolute Gasteiger partial charge is 0.253 e. The first-order valence-corrected chi connectivity index (χ1v) is 9.26. The van der Waals surface area contributed by atoms with Gasteiger partial charge >= 0.3 is 0 Å². The molecule has 3 aromatic rings. The number of likely N-dealkylation sites (tertiary alicyclic amines) is 1. The van der Waals surface area contributed by atoms with Crippen molar-refractivity contribution in [3.63, 3.8) is 0 Å². The molecule has 5 heteroatoms. The molecule has 4 rings (SSSR count). The molecule has 1 unspecified atom stereocenters. The predicted molar refractivity (Wildman–Crippen MR) is 103 cm³/mol. The van der Waals surface area contributed by atoms with Crippen molar-refractivity contribution in [1.29, 1.82) is 0 Å². The van der Waals surface area contributed by atoms with E-state index < -0.39 is 0 Å². The number of H-pyrrole nitrogens is 1. The lowest BCUT2D eigenvalue weighted by Gasteiger charge is -2.17. The molecule has 1 aliphatic rings. The fraction of sp³-hybridized carbons (Fsp3) is 0.333. The van der Waals surface area contributed by atoms with Crippen LogP contribution in [0.4, 0.5) is 0 Å². The monoisotopic (exact) mass is 348 g/mol. The van der Waals surface area contributed by atoms with E-state index in [0.29, 0.717) is 0 Å². The van der Waals surface area contributed by atoms with Crippen molar-refractivity contribution in [3.8, 4) is 0 Å². The molecule has 0 radical (unpaired) electrons. The number of rotatable bonds is 5. The average molecular weight is 348 g/mol. The van der Waals surface area contributed by atoms with E-state index in [2.05, 4.69) is 34.6 Å². The summed E-state index contributed by atoms with van der Waals surface area (Å²) in [6.45, 7) is 4.64. The molecule has 2 N–H and O–H groups in total. The highest BCUT2D eigenvalue weighted by molar-refractivity contribution is 5.94. The molecule has 0 aliphatic carbocycles. The number of benzene rings is 2. The van der Waals surface area contributed by atoms with Gasteiger partial charge in [-0.1, -0.05) is 24.3 Å². The molecule has 0 saturated carbocycles. The van der Waals surface area contributed by atoms with Gasteiger partial charge in [0, 0.05) is 36.6 Å². The fourth-order valence-corrected chi connectivity index (χ4v) is 3.67. The van der Waals surface area contributed by atoms with Crippen LogP contribution in [0.15, 0.2) is 48.7 Å². The lowest BCUT2D eigenvalue weighted by atomic mass is 10.0. The molecule has 2 aromatic carbocycles. The quantitative estimate of drug-likeness (QED) is 0.740. The topological polar surface area (TPSA) is 61.0 Å². The van der Waals surface area contributed by atoms with Gasteiger partial charge in [-0.3, -0.25) is 9.89 Å². The number of aromatic nitrogens is 2. The number of nitrogens with one attached hydrogen (secondary N) is 2. The van der Waals surface area contributed by atoms with Crippen molar-refractivity contribution in [3.05, 3.63) is 65.4 Å². The number of amides is 1. The van der Waals surface area contributed by atoms with E-state index in [4.69, 9.17) is 0 Å². The summed E-state index contributed by atoms with van der Waals surface area (Å²) in [5, 5.41) is 11.9. The minimum atomic E-state index is 0.153. The number of nitrogens with zero attached hydrogens (tertiary/aromatic N) is 2. The van der Waals surface area contributed by atoms with E-state index in [1.807, 2.05) is 41.4 Å². The third kappa shape index (κ3) is 3.35. The van der Waals surface area contributed by atoms with Gasteiger partial charge in [0.2, 0.25) is 0 Å². The van der Waals surface area contributed by atoms with Crippen LogP contribution in [0.25, 0.3) is 10.9 Å². The molecular weight excluding hydrogens is 324 g/mol. The van der Waals surface area contributed by atoms with E-state index in [1.165, 1.54) is 5.56 Å². The number of aromatic amines is 1. The Kier molecular flexibility index (Phi) is 4.71. The molecule has 1 fully saturated rings. The Balaban J connectivity index is 1.45. The van der Waals surface area contributed by atoms with Gasteiger partial charge in [-0.05, 0) is 49.1 Å². The molecule has 5 nitrogen and oxygen atoms in total. The highest BCUT2D eigenvalue weighted by Crippen LogP contribution is 2.23. The number of fused-ring (bicyclic) bond motifs is 1. The first kappa shape index (κ1) is 16.8. The summed E-state index contributed by atoms with van der Waals surface area (Å²) in [7, 11) is 0. The van der Waals surface area contributed by atoms with Gasteiger partial charge in [-0.2, -0.15) is 5.10 Å². The van der Waals surface area contributed by atoms with Gasteiger partial charge in [-0.15, -0.1) is 0 Å². The third-order valence-electron chi connectivity index (χ3n) is 5.16. The van der Waals surface area contributed by atoms with Crippen molar-refractivity contribution in [1.82, 2.24) is 20.4 Å². The first-order chi connectivity index (χ1) is 12.7. The molecule has 26 heavy (non-hydrogen) atoms. The number of carbonyl (C=O) groups is 1. The molecule has 1 saturated heterocycles. The first-order valence-electron chi connectivity index (χ1n) is 9.26. The van der Waals surface area contributed by atoms with Gasteiger partial charge in [0.05, 0.1) is 11.7 Å². The summed E-state index contributed by atoms with van der Waals surface area (Å²) < 4.78 is 0. The molecule has 2 heterocycles. The number of hydrogen-bond acceptors (Lipinski definition) is 3. The molecule has 0 spiro atoms. The number of hydrogen-bond donors (Lipinski definition) is 2. The summed E-state index contributed by atoms with van der Waals surface area (Å²) in [4.78, 5) is 14.5. The standard InChI is InChI=1S/C21H24N4O/c1-15(18-8-5-9-20-19(18)14-23-24-20)22-13-16-6-4-7-17(12-16)21(26)25-10-2-3-11-25/h4-9,12,14-15,22H,2-3,10-11,13H2,1H3,(H,23,24). The fourth-order valence-electron chi connectivity index (χ4n) is 3.67. The molecule has 1 aromatic heterocycles. The SMILES string of the molecule is CC(NCc1cccc(C(=O)N2CCCC2)c1)c1cccc2[nH]ncc12. The zero-order valence-electron chi connectivity index (χ0n) is 15.0. The minimum Gasteiger partial charge on any atom is -0.339 e. The van der Waals surface area contributed by atoms with E-state index in [9.17, 15) is 4.79 Å². The minimum absolute atomic E-state index is 0.153. The summed E-state index contributed by atoms with van der Waals surface area (Å²) in [6.07, 6.45) is 4.10. The van der Waals surface area contributed by atoms with Crippen LogP contribution in [-0.2, 0) is 6.54 Å². The van der Waals surface area contributed by atoms with Crippen LogP contribution in [0.2, 0.25) is 0 Å². The lowest BCUT2D eigenvalue weighted by Crippen LogP contribution is -2.27. The van der Waals surface area contributed by atoms with Crippen LogP contribution in [0.1, 0.15) is 47.3 Å². The van der Waals surface area contributed by atoms with Gasteiger partial charge in [0.15, 0.2) is 0 Å². The Bertz CT molecular complexity index is 911. The van der Waals surface area contributed by atoms with E-state index >= 15 is 0 Å².